The molecular weight excluding hydrogens is 375 g/mol. The summed E-state index contributed by atoms with van der Waals surface area (Å²) in [7, 11) is 0. The van der Waals surface area contributed by atoms with Gasteiger partial charge in [-0.2, -0.15) is 0 Å². The molecule has 150 valence electrons. The van der Waals surface area contributed by atoms with Crippen LogP contribution in [-0.4, -0.2) is 17.9 Å². The summed E-state index contributed by atoms with van der Waals surface area (Å²) in [6.45, 7) is 2.04. The molecule has 2 N–H and O–H groups in total. The molecule has 0 radical (unpaired) electrons. The first kappa shape index (κ1) is 20.1. The highest BCUT2D eigenvalue weighted by atomic mass is 19.1. The molecule has 6 nitrogen and oxygen atoms in total. The van der Waals surface area contributed by atoms with Crippen molar-refractivity contribution in [1.82, 2.24) is 5.32 Å². The third-order valence-corrected chi connectivity index (χ3v) is 4.19. The predicted octanol–water partition coefficient (Wildman–Crippen LogP) is 4.14. The molecule has 1 heterocycles. The van der Waals surface area contributed by atoms with Gasteiger partial charge in [0, 0.05) is 0 Å². The van der Waals surface area contributed by atoms with Gasteiger partial charge in [-0.05, 0) is 55.0 Å². The summed E-state index contributed by atoms with van der Waals surface area (Å²) >= 11 is 0. The van der Waals surface area contributed by atoms with Gasteiger partial charge in [-0.15, -0.1) is 0 Å². The van der Waals surface area contributed by atoms with Crippen LogP contribution in [0.25, 0.3) is 0 Å². The van der Waals surface area contributed by atoms with Crippen molar-refractivity contribution in [2.24, 2.45) is 0 Å². The number of anilines is 1. The fraction of sp³-hybridized carbons (Fsp3) is 0.182. The Kier molecular flexibility index (Phi) is 6.63. The maximum Gasteiger partial charge on any atom is 0.265 e. The first-order chi connectivity index (χ1) is 14.1. The minimum atomic E-state index is -0.792. The molecule has 3 rings (SSSR count). The molecule has 0 saturated carbocycles. The largest absolute Gasteiger partial charge is 0.481 e. The first-order valence-electron chi connectivity index (χ1n) is 9.19. The summed E-state index contributed by atoms with van der Waals surface area (Å²) in [5.74, 6) is -0.117. The van der Waals surface area contributed by atoms with Gasteiger partial charge in [0.1, 0.15) is 17.3 Å². The van der Waals surface area contributed by atoms with Gasteiger partial charge in [0.15, 0.2) is 6.10 Å². The molecule has 0 saturated heterocycles. The van der Waals surface area contributed by atoms with Gasteiger partial charge in [0.25, 0.3) is 11.8 Å². The molecule has 29 heavy (non-hydrogen) atoms. The van der Waals surface area contributed by atoms with Crippen LogP contribution in [0.15, 0.2) is 71.3 Å². The van der Waals surface area contributed by atoms with Crippen molar-refractivity contribution in [3.05, 3.63) is 84.1 Å². The van der Waals surface area contributed by atoms with Crippen LogP contribution in [0, 0.1) is 5.82 Å². The van der Waals surface area contributed by atoms with Crippen molar-refractivity contribution in [3.8, 4) is 5.75 Å². The van der Waals surface area contributed by atoms with Gasteiger partial charge < -0.3 is 19.8 Å². The Morgan fingerprint density at radius 1 is 1.07 bits per heavy atom. The molecule has 0 bridgehead atoms. The SMILES string of the molecule is CC[C@H](Oc1ccc(F)cc1)C(=O)Nc1ccccc1C(=O)NCc1ccco1. The van der Waals surface area contributed by atoms with Crippen molar-refractivity contribution in [1.29, 1.82) is 0 Å². The Hall–Kier alpha value is -3.61. The van der Waals surface area contributed by atoms with E-state index in [1.165, 1.54) is 30.5 Å². The molecular formula is C22H21FN2O4. The van der Waals surface area contributed by atoms with E-state index in [1.807, 2.05) is 0 Å². The Labute approximate surface area is 167 Å². The van der Waals surface area contributed by atoms with E-state index in [1.54, 1.807) is 43.3 Å². The highest BCUT2D eigenvalue weighted by Crippen LogP contribution is 2.19. The standard InChI is InChI=1S/C22H21FN2O4/c1-2-20(29-16-11-9-15(23)10-12-16)22(27)25-19-8-4-3-7-18(19)21(26)24-14-17-6-5-13-28-17/h3-13,20H,2,14H2,1H3,(H,24,26)(H,25,27)/t20-/m0/s1. The van der Waals surface area contributed by atoms with E-state index in [0.717, 1.165) is 0 Å². The quantitative estimate of drug-likeness (QED) is 0.600. The van der Waals surface area contributed by atoms with Gasteiger partial charge in [-0.25, -0.2) is 4.39 Å². The summed E-state index contributed by atoms with van der Waals surface area (Å²) in [5.41, 5.74) is 0.694. The van der Waals surface area contributed by atoms with Crippen LogP contribution in [0.2, 0.25) is 0 Å². The van der Waals surface area contributed by atoms with Crippen LogP contribution in [0.1, 0.15) is 29.5 Å². The van der Waals surface area contributed by atoms with E-state index in [9.17, 15) is 14.0 Å². The second-order valence-electron chi connectivity index (χ2n) is 6.27. The number of amides is 2. The minimum Gasteiger partial charge on any atom is -0.481 e. The van der Waals surface area contributed by atoms with Gasteiger partial charge in [-0.3, -0.25) is 9.59 Å². The van der Waals surface area contributed by atoms with Gasteiger partial charge in [0.05, 0.1) is 24.1 Å². The lowest BCUT2D eigenvalue weighted by molar-refractivity contribution is -0.122. The van der Waals surface area contributed by atoms with Crippen LogP contribution in [0.4, 0.5) is 10.1 Å². The van der Waals surface area contributed by atoms with E-state index in [0.29, 0.717) is 29.2 Å². The van der Waals surface area contributed by atoms with Crippen LogP contribution in [-0.2, 0) is 11.3 Å². The smallest absolute Gasteiger partial charge is 0.265 e. The summed E-state index contributed by atoms with van der Waals surface area (Å²) in [6, 6.07) is 15.6. The molecule has 1 atom stereocenters. The fourth-order valence-electron chi connectivity index (χ4n) is 2.68. The van der Waals surface area contributed by atoms with Crippen molar-refractivity contribution in [3.63, 3.8) is 0 Å². The molecule has 7 heteroatoms. The zero-order valence-corrected chi connectivity index (χ0v) is 15.9. The number of hydrogen-bond acceptors (Lipinski definition) is 4. The van der Waals surface area contributed by atoms with Crippen LogP contribution < -0.4 is 15.4 Å². The maximum atomic E-state index is 13.0. The van der Waals surface area contributed by atoms with Crippen molar-refractivity contribution in [2.45, 2.75) is 26.0 Å². The molecule has 0 fully saturated rings. The zero-order valence-electron chi connectivity index (χ0n) is 15.9. The highest BCUT2D eigenvalue weighted by Gasteiger charge is 2.21. The highest BCUT2D eigenvalue weighted by molar-refractivity contribution is 6.04. The van der Waals surface area contributed by atoms with E-state index < -0.39 is 12.0 Å². The van der Waals surface area contributed by atoms with Crippen molar-refractivity contribution in [2.75, 3.05) is 5.32 Å². The predicted molar refractivity (Wildman–Crippen MR) is 106 cm³/mol. The second kappa shape index (κ2) is 9.54. The number of ether oxygens (including phenoxy) is 1. The number of benzene rings is 2. The number of nitrogens with one attached hydrogen (secondary N) is 2. The van der Waals surface area contributed by atoms with Crippen molar-refractivity contribution >= 4 is 17.5 Å². The maximum absolute atomic E-state index is 13.0. The van der Waals surface area contributed by atoms with Crippen molar-refractivity contribution < 1.29 is 23.1 Å². The molecule has 0 aliphatic carbocycles. The van der Waals surface area contributed by atoms with Crippen LogP contribution in [0.3, 0.4) is 0 Å². The average Bonchev–Trinajstić information content (AvgIpc) is 3.25. The van der Waals surface area contributed by atoms with E-state index >= 15 is 0 Å². The lowest BCUT2D eigenvalue weighted by Crippen LogP contribution is -2.33. The molecule has 3 aromatic rings. The Morgan fingerprint density at radius 2 is 1.83 bits per heavy atom. The lowest BCUT2D eigenvalue weighted by Gasteiger charge is -2.18. The molecule has 2 amide bonds. The molecule has 1 aromatic heterocycles. The molecule has 0 aliphatic rings. The number of carbonyl (C=O) groups is 2. The summed E-state index contributed by atoms with van der Waals surface area (Å²) in [5, 5.41) is 5.50. The van der Waals surface area contributed by atoms with Gasteiger partial charge in [0.2, 0.25) is 0 Å². The average molecular weight is 396 g/mol. The van der Waals surface area contributed by atoms with E-state index in [4.69, 9.17) is 9.15 Å². The molecule has 0 spiro atoms. The third kappa shape index (κ3) is 5.44. The van der Waals surface area contributed by atoms with Gasteiger partial charge in [-0.1, -0.05) is 19.1 Å². The van der Waals surface area contributed by atoms with E-state index in [-0.39, 0.29) is 18.3 Å². The number of carbonyl (C=O) groups excluding carboxylic acids is 2. The number of hydrogen-bond donors (Lipinski definition) is 2. The van der Waals surface area contributed by atoms with Crippen LogP contribution in [0.5, 0.6) is 5.75 Å². The van der Waals surface area contributed by atoms with Crippen LogP contribution >= 0.6 is 0 Å². The number of rotatable bonds is 8. The Morgan fingerprint density at radius 3 is 2.52 bits per heavy atom. The molecule has 0 unspecified atom stereocenters. The minimum absolute atomic E-state index is 0.235. The monoisotopic (exact) mass is 396 g/mol. The second-order valence-corrected chi connectivity index (χ2v) is 6.27. The number of halogens is 1. The first-order valence-corrected chi connectivity index (χ1v) is 9.19. The fourth-order valence-corrected chi connectivity index (χ4v) is 2.68. The normalized spacial score (nSPS) is 11.5. The Bertz CT molecular complexity index is 955. The zero-order chi connectivity index (χ0) is 20.6. The molecule has 2 aromatic carbocycles. The summed E-state index contributed by atoms with van der Waals surface area (Å²) in [4.78, 5) is 25.2. The number of para-hydroxylation sites is 1. The third-order valence-electron chi connectivity index (χ3n) is 4.19. The summed E-state index contributed by atoms with van der Waals surface area (Å²) < 4.78 is 23.9. The van der Waals surface area contributed by atoms with Gasteiger partial charge >= 0.3 is 0 Å². The molecule has 0 aliphatic heterocycles. The van der Waals surface area contributed by atoms with E-state index in [2.05, 4.69) is 10.6 Å². The lowest BCUT2D eigenvalue weighted by atomic mass is 10.1. The number of furan rings is 1. The summed E-state index contributed by atoms with van der Waals surface area (Å²) in [6.07, 6.45) is 1.14. The Balaban J connectivity index is 1.67. The topological polar surface area (TPSA) is 80.6 Å².